The van der Waals surface area contributed by atoms with Crippen molar-refractivity contribution in [1.82, 2.24) is 4.90 Å². The molecule has 2 saturated heterocycles. The van der Waals surface area contributed by atoms with Gasteiger partial charge in [0.15, 0.2) is 0 Å². The molecule has 2 heterocycles. The van der Waals surface area contributed by atoms with Crippen LogP contribution < -0.4 is 4.90 Å². The van der Waals surface area contributed by atoms with Gasteiger partial charge in [0, 0.05) is 35.5 Å². The van der Waals surface area contributed by atoms with E-state index in [1.807, 2.05) is 11.8 Å². The third kappa shape index (κ3) is 5.66. The number of benzene rings is 1. The second kappa shape index (κ2) is 9.50. The lowest BCUT2D eigenvalue weighted by molar-refractivity contribution is 0.132. The van der Waals surface area contributed by atoms with E-state index in [0.29, 0.717) is 5.25 Å². The van der Waals surface area contributed by atoms with E-state index in [-0.39, 0.29) is 0 Å². The predicted molar refractivity (Wildman–Crippen MR) is 116 cm³/mol. The fourth-order valence-corrected chi connectivity index (χ4v) is 5.46. The van der Waals surface area contributed by atoms with Crippen molar-refractivity contribution in [2.75, 3.05) is 37.6 Å². The van der Waals surface area contributed by atoms with Crippen LogP contribution in [-0.4, -0.2) is 42.9 Å². The summed E-state index contributed by atoms with van der Waals surface area (Å²) in [6.45, 7) is 15.8. The molecular formula is C23H38N2S. The summed E-state index contributed by atoms with van der Waals surface area (Å²) in [5, 5.41) is 0.649. The first-order valence-electron chi connectivity index (χ1n) is 10.7. The molecule has 0 atom stereocenters. The van der Waals surface area contributed by atoms with E-state index in [2.05, 4.69) is 61.8 Å². The van der Waals surface area contributed by atoms with Crippen molar-refractivity contribution in [1.29, 1.82) is 0 Å². The van der Waals surface area contributed by atoms with Gasteiger partial charge in [-0.1, -0.05) is 33.8 Å². The average Bonchev–Trinajstić information content (AvgIpc) is 2.62. The highest BCUT2D eigenvalue weighted by Gasteiger charge is 2.25. The van der Waals surface area contributed by atoms with E-state index < -0.39 is 0 Å². The van der Waals surface area contributed by atoms with E-state index in [9.17, 15) is 0 Å². The molecule has 0 radical (unpaired) electrons. The monoisotopic (exact) mass is 374 g/mol. The lowest BCUT2D eigenvalue weighted by Gasteiger charge is -2.39. The molecule has 1 aromatic carbocycles. The summed E-state index contributed by atoms with van der Waals surface area (Å²) >= 11 is 1.97. The quantitative estimate of drug-likeness (QED) is 0.584. The molecule has 0 unspecified atom stereocenters. The summed E-state index contributed by atoms with van der Waals surface area (Å²) in [5.74, 6) is 2.73. The normalized spacial score (nSPS) is 21.1. The highest BCUT2D eigenvalue weighted by Crippen LogP contribution is 2.30. The van der Waals surface area contributed by atoms with Crippen molar-refractivity contribution in [2.45, 2.75) is 63.5 Å². The van der Waals surface area contributed by atoms with E-state index in [1.165, 1.54) is 69.0 Å². The Balaban J connectivity index is 1.45. The first-order chi connectivity index (χ1) is 12.5. The number of rotatable bonds is 6. The molecule has 0 bridgehead atoms. The fourth-order valence-electron chi connectivity index (χ4n) is 4.57. The fraction of sp³-hybridized carbons (Fsp3) is 0.739. The second-order valence-corrected chi connectivity index (χ2v) is 10.6. The van der Waals surface area contributed by atoms with Gasteiger partial charge in [-0.25, -0.2) is 0 Å². The van der Waals surface area contributed by atoms with E-state index in [0.717, 1.165) is 17.8 Å². The van der Waals surface area contributed by atoms with Crippen LogP contribution in [0.3, 0.4) is 0 Å². The molecule has 0 amide bonds. The van der Waals surface area contributed by atoms with Crippen LogP contribution >= 0.6 is 11.8 Å². The highest BCUT2D eigenvalue weighted by atomic mass is 32.2. The van der Waals surface area contributed by atoms with Crippen molar-refractivity contribution in [3.63, 3.8) is 0 Å². The van der Waals surface area contributed by atoms with Gasteiger partial charge in [0.2, 0.25) is 0 Å². The van der Waals surface area contributed by atoms with Crippen molar-refractivity contribution in [2.24, 2.45) is 17.8 Å². The number of likely N-dealkylation sites (tertiary alicyclic amines) is 1. The molecule has 3 heteroatoms. The summed E-state index contributed by atoms with van der Waals surface area (Å²) in [7, 11) is 0. The van der Waals surface area contributed by atoms with Crippen molar-refractivity contribution < 1.29 is 0 Å². The predicted octanol–water partition coefficient (Wildman–Crippen LogP) is 5.77. The molecule has 2 nitrogen and oxygen atoms in total. The average molecular weight is 375 g/mol. The largest absolute Gasteiger partial charge is 0.371 e. The number of piperidine rings is 2. The number of nitrogens with zero attached hydrogens (tertiary/aromatic N) is 2. The van der Waals surface area contributed by atoms with Crippen molar-refractivity contribution in [3.8, 4) is 0 Å². The maximum absolute atomic E-state index is 2.75. The maximum Gasteiger partial charge on any atom is 0.0377 e. The Labute approximate surface area is 165 Å². The number of hydrogen-bond donors (Lipinski definition) is 0. The van der Waals surface area contributed by atoms with E-state index in [1.54, 1.807) is 0 Å². The van der Waals surface area contributed by atoms with Gasteiger partial charge in [-0.3, -0.25) is 0 Å². The van der Waals surface area contributed by atoms with E-state index in [4.69, 9.17) is 0 Å². The molecule has 26 heavy (non-hydrogen) atoms. The van der Waals surface area contributed by atoms with Gasteiger partial charge < -0.3 is 9.80 Å². The Bertz CT molecular complexity index is 541. The highest BCUT2D eigenvalue weighted by molar-refractivity contribution is 7.99. The molecule has 2 fully saturated rings. The van der Waals surface area contributed by atoms with Crippen LogP contribution in [-0.2, 0) is 0 Å². The van der Waals surface area contributed by atoms with Crippen LogP contribution in [0.15, 0.2) is 29.2 Å². The molecule has 146 valence electrons. The first kappa shape index (κ1) is 20.1. The molecule has 0 aromatic heterocycles. The van der Waals surface area contributed by atoms with Gasteiger partial charge in [-0.15, -0.1) is 11.8 Å². The van der Waals surface area contributed by atoms with Gasteiger partial charge in [0.25, 0.3) is 0 Å². The molecule has 0 spiro atoms. The van der Waals surface area contributed by atoms with E-state index >= 15 is 0 Å². The molecule has 2 aliphatic rings. The SMILES string of the molecule is CC(C)Sc1cccc(N2CCC(CN3CCC(C(C)C)CC3)CC2)c1. The zero-order valence-electron chi connectivity index (χ0n) is 17.3. The number of hydrogen-bond acceptors (Lipinski definition) is 3. The Kier molecular flexibility index (Phi) is 7.34. The Morgan fingerprint density at radius 2 is 1.65 bits per heavy atom. The van der Waals surface area contributed by atoms with Crippen LogP contribution in [0.1, 0.15) is 53.4 Å². The van der Waals surface area contributed by atoms with Crippen LogP contribution in [0.25, 0.3) is 0 Å². The number of anilines is 1. The molecule has 3 rings (SSSR count). The lowest BCUT2D eigenvalue weighted by atomic mass is 9.86. The lowest BCUT2D eigenvalue weighted by Crippen LogP contribution is -2.42. The summed E-state index contributed by atoms with van der Waals surface area (Å²) in [4.78, 5) is 6.76. The molecule has 2 aliphatic heterocycles. The van der Waals surface area contributed by atoms with Crippen LogP contribution in [0, 0.1) is 17.8 Å². The minimum absolute atomic E-state index is 0.649. The molecule has 1 aromatic rings. The summed E-state index contributed by atoms with van der Waals surface area (Å²) in [6, 6.07) is 9.16. The zero-order chi connectivity index (χ0) is 18.5. The minimum Gasteiger partial charge on any atom is -0.371 e. The zero-order valence-corrected chi connectivity index (χ0v) is 18.1. The number of thioether (sulfide) groups is 1. The Morgan fingerprint density at radius 3 is 2.27 bits per heavy atom. The summed E-state index contributed by atoms with van der Waals surface area (Å²) in [5.41, 5.74) is 1.42. The Hall–Kier alpha value is -0.670. The van der Waals surface area contributed by atoms with Gasteiger partial charge in [0.05, 0.1) is 0 Å². The summed E-state index contributed by atoms with van der Waals surface area (Å²) in [6.07, 6.45) is 5.53. The molecule has 0 aliphatic carbocycles. The topological polar surface area (TPSA) is 6.48 Å². The minimum atomic E-state index is 0.649. The van der Waals surface area contributed by atoms with Crippen molar-refractivity contribution in [3.05, 3.63) is 24.3 Å². The third-order valence-electron chi connectivity index (χ3n) is 6.26. The van der Waals surface area contributed by atoms with Gasteiger partial charge in [-0.2, -0.15) is 0 Å². The van der Waals surface area contributed by atoms with Crippen LogP contribution in [0.4, 0.5) is 5.69 Å². The van der Waals surface area contributed by atoms with Crippen LogP contribution in [0.5, 0.6) is 0 Å². The smallest absolute Gasteiger partial charge is 0.0377 e. The van der Waals surface area contributed by atoms with Gasteiger partial charge in [-0.05, 0) is 74.7 Å². The van der Waals surface area contributed by atoms with Crippen LogP contribution in [0.2, 0.25) is 0 Å². The van der Waals surface area contributed by atoms with Gasteiger partial charge >= 0.3 is 0 Å². The molecule has 0 saturated carbocycles. The third-order valence-corrected chi connectivity index (χ3v) is 7.26. The molecular weight excluding hydrogens is 336 g/mol. The standard InChI is InChI=1S/C23H38N2S/c1-18(2)21-10-12-24(13-11-21)17-20-8-14-25(15-9-20)22-6-5-7-23(16-22)26-19(3)4/h5-7,16,18-21H,8-15,17H2,1-4H3. The Morgan fingerprint density at radius 1 is 0.962 bits per heavy atom. The van der Waals surface area contributed by atoms with Crippen molar-refractivity contribution >= 4 is 17.4 Å². The van der Waals surface area contributed by atoms with Gasteiger partial charge in [0.1, 0.15) is 0 Å². The summed E-state index contributed by atoms with van der Waals surface area (Å²) < 4.78 is 0. The maximum atomic E-state index is 2.75. The second-order valence-electron chi connectivity index (χ2n) is 8.98. The molecule has 0 N–H and O–H groups in total. The first-order valence-corrected chi connectivity index (χ1v) is 11.6.